The number of carbonyl (C=O) groups is 1. The summed E-state index contributed by atoms with van der Waals surface area (Å²) in [5.74, 6) is -0.0612. The number of thiophene rings is 1. The molecule has 1 aromatic heterocycles. The van der Waals surface area contributed by atoms with Gasteiger partial charge in [0.15, 0.2) is 0 Å². The molecule has 2 N–H and O–H groups in total. The number of hydrogen-bond acceptors (Lipinski definition) is 4. The maximum atomic E-state index is 13.1. The quantitative estimate of drug-likeness (QED) is 0.683. The maximum absolute atomic E-state index is 13.1. The molecule has 1 amide bonds. The largest absolute Gasteiger partial charge is 0.497 e. The molecule has 23 heavy (non-hydrogen) atoms. The third-order valence-electron chi connectivity index (χ3n) is 3.19. The molecule has 118 valence electrons. The van der Waals surface area contributed by atoms with Crippen molar-refractivity contribution in [1.29, 1.82) is 0 Å². The fourth-order valence-corrected chi connectivity index (χ4v) is 3.14. The lowest BCUT2D eigenvalue weighted by Crippen LogP contribution is -2.28. The zero-order valence-electron chi connectivity index (χ0n) is 12.0. The van der Waals surface area contributed by atoms with E-state index < -0.39 is 5.82 Å². The molecule has 0 saturated heterocycles. The standard InChI is InChI=1S/C16H12ClFN2O2S/c1-22-11-3-5-14-9(6-11)7-15(23-14)16(21)20-19-10-2-4-13(18)12(17)8-10/h2-8,19H,1H3,(H,20,21). The Labute approximate surface area is 140 Å². The van der Waals surface area contributed by atoms with Crippen LogP contribution in [0.4, 0.5) is 10.1 Å². The van der Waals surface area contributed by atoms with Crippen molar-refractivity contribution in [2.45, 2.75) is 0 Å². The normalized spacial score (nSPS) is 10.6. The Balaban J connectivity index is 1.73. The van der Waals surface area contributed by atoms with E-state index in [0.29, 0.717) is 10.6 Å². The first-order valence-electron chi connectivity index (χ1n) is 6.66. The van der Waals surface area contributed by atoms with Gasteiger partial charge in [-0.15, -0.1) is 11.3 Å². The van der Waals surface area contributed by atoms with Crippen LogP contribution >= 0.6 is 22.9 Å². The van der Waals surface area contributed by atoms with Gasteiger partial charge in [0, 0.05) is 4.70 Å². The maximum Gasteiger partial charge on any atom is 0.279 e. The molecule has 4 nitrogen and oxygen atoms in total. The number of fused-ring (bicyclic) bond motifs is 1. The smallest absolute Gasteiger partial charge is 0.279 e. The Morgan fingerprint density at radius 3 is 2.78 bits per heavy atom. The summed E-state index contributed by atoms with van der Waals surface area (Å²) in [5, 5.41) is 0.919. The highest BCUT2D eigenvalue weighted by atomic mass is 35.5. The van der Waals surface area contributed by atoms with Gasteiger partial charge in [0.25, 0.3) is 5.91 Å². The van der Waals surface area contributed by atoms with Crippen molar-refractivity contribution < 1.29 is 13.9 Å². The molecule has 7 heteroatoms. The molecule has 2 aromatic carbocycles. The van der Waals surface area contributed by atoms with Crippen LogP contribution in [0.1, 0.15) is 9.67 Å². The summed E-state index contributed by atoms with van der Waals surface area (Å²) in [6.45, 7) is 0. The van der Waals surface area contributed by atoms with Crippen molar-refractivity contribution in [1.82, 2.24) is 5.43 Å². The fourth-order valence-electron chi connectivity index (χ4n) is 2.02. The van der Waals surface area contributed by atoms with Crippen LogP contribution in [-0.4, -0.2) is 13.0 Å². The van der Waals surface area contributed by atoms with Gasteiger partial charge in [-0.1, -0.05) is 11.6 Å². The summed E-state index contributed by atoms with van der Waals surface area (Å²) in [6, 6.07) is 11.5. The Hall–Kier alpha value is -2.31. The van der Waals surface area contributed by atoms with Gasteiger partial charge in [-0.05, 0) is 47.9 Å². The number of anilines is 1. The molecule has 0 unspecified atom stereocenters. The van der Waals surface area contributed by atoms with Crippen LogP contribution < -0.4 is 15.6 Å². The van der Waals surface area contributed by atoms with E-state index in [-0.39, 0.29) is 10.9 Å². The monoisotopic (exact) mass is 350 g/mol. The van der Waals surface area contributed by atoms with Crippen LogP contribution in [0.2, 0.25) is 5.02 Å². The number of nitrogens with one attached hydrogen (secondary N) is 2. The minimum Gasteiger partial charge on any atom is -0.497 e. The van der Waals surface area contributed by atoms with Crippen LogP contribution in [0.3, 0.4) is 0 Å². The highest BCUT2D eigenvalue weighted by Gasteiger charge is 2.11. The second-order valence-corrected chi connectivity index (χ2v) is 6.21. The molecule has 0 spiro atoms. The highest BCUT2D eigenvalue weighted by molar-refractivity contribution is 7.20. The summed E-state index contributed by atoms with van der Waals surface area (Å²) in [5.41, 5.74) is 5.76. The number of hydrazine groups is 1. The molecular formula is C16H12ClFN2O2S. The van der Waals surface area contributed by atoms with Gasteiger partial charge in [0.1, 0.15) is 11.6 Å². The van der Waals surface area contributed by atoms with Gasteiger partial charge in [0.05, 0.1) is 22.7 Å². The molecule has 0 aliphatic heterocycles. The first-order valence-corrected chi connectivity index (χ1v) is 7.85. The van der Waals surface area contributed by atoms with Crippen molar-refractivity contribution in [3.63, 3.8) is 0 Å². The fraction of sp³-hybridized carbons (Fsp3) is 0.0625. The summed E-state index contributed by atoms with van der Waals surface area (Å²) >= 11 is 7.06. The van der Waals surface area contributed by atoms with Crippen molar-refractivity contribution in [2.24, 2.45) is 0 Å². The third kappa shape index (κ3) is 3.38. The van der Waals surface area contributed by atoms with Crippen LogP contribution in [-0.2, 0) is 0 Å². The van der Waals surface area contributed by atoms with Crippen LogP contribution in [0.15, 0.2) is 42.5 Å². The van der Waals surface area contributed by atoms with E-state index in [0.717, 1.165) is 15.8 Å². The van der Waals surface area contributed by atoms with Crippen molar-refractivity contribution >= 4 is 44.6 Å². The Kier molecular flexibility index (Phi) is 4.36. The Morgan fingerprint density at radius 2 is 2.04 bits per heavy atom. The van der Waals surface area contributed by atoms with E-state index in [1.54, 1.807) is 13.2 Å². The van der Waals surface area contributed by atoms with E-state index in [1.807, 2.05) is 18.2 Å². The zero-order chi connectivity index (χ0) is 16.4. The van der Waals surface area contributed by atoms with Gasteiger partial charge in [0.2, 0.25) is 0 Å². The van der Waals surface area contributed by atoms with E-state index in [9.17, 15) is 9.18 Å². The summed E-state index contributed by atoms with van der Waals surface area (Å²) in [6.07, 6.45) is 0. The van der Waals surface area contributed by atoms with E-state index >= 15 is 0 Å². The second kappa shape index (κ2) is 6.44. The lowest BCUT2D eigenvalue weighted by molar-refractivity contribution is 0.0966. The van der Waals surface area contributed by atoms with Crippen molar-refractivity contribution in [3.8, 4) is 5.75 Å². The number of benzene rings is 2. The number of amides is 1. The average molecular weight is 351 g/mol. The topological polar surface area (TPSA) is 50.4 Å². The van der Waals surface area contributed by atoms with Gasteiger partial charge in [-0.2, -0.15) is 0 Å². The Morgan fingerprint density at radius 1 is 1.22 bits per heavy atom. The molecule has 3 rings (SSSR count). The highest BCUT2D eigenvalue weighted by Crippen LogP contribution is 2.29. The summed E-state index contributed by atoms with van der Waals surface area (Å²) in [7, 11) is 1.60. The summed E-state index contributed by atoms with van der Waals surface area (Å²) in [4.78, 5) is 12.7. The number of hydrogen-bond donors (Lipinski definition) is 2. The average Bonchev–Trinajstić information content (AvgIpc) is 2.98. The number of ether oxygens (including phenoxy) is 1. The van der Waals surface area contributed by atoms with E-state index in [2.05, 4.69) is 10.9 Å². The molecular weight excluding hydrogens is 339 g/mol. The Bertz CT molecular complexity index is 882. The molecule has 0 atom stereocenters. The zero-order valence-corrected chi connectivity index (χ0v) is 13.6. The number of halogens is 2. The SMILES string of the molecule is COc1ccc2sc(C(=O)NNc3ccc(F)c(Cl)c3)cc2c1. The summed E-state index contributed by atoms with van der Waals surface area (Å²) < 4.78 is 19.2. The van der Waals surface area contributed by atoms with Gasteiger partial charge in [-0.3, -0.25) is 15.6 Å². The molecule has 0 saturated carbocycles. The predicted octanol–water partition coefficient (Wildman–Crippen LogP) is 4.46. The van der Waals surface area contributed by atoms with Gasteiger partial charge in [-0.25, -0.2) is 4.39 Å². The molecule has 0 bridgehead atoms. The number of carbonyl (C=O) groups excluding carboxylic acids is 1. The second-order valence-electron chi connectivity index (χ2n) is 4.72. The van der Waals surface area contributed by atoms with Crippen molar-refractivity contribution in [2.75, 3.05) is 12.5 Å². The van der Waals surface area contributed by atoms with Gasteiger partial charge >= 0.3 is 0 Å². The lowest BCUT2D eigenvalue weighted by Gasteiger charge is -2.07. The lowest BCUT2D eigenvalue weighted by atomic mass is 10.2. The minimum atomic E-state index is -0.512. The van der Waals surface area contributed by atoms with Crippen LogP contribution in [0, 0.1) is 5.82 Å². The van der Waals surface area contributed by atoms with E-state index in [4.69, 9.17) is 16.3 Å². The minimum absolute atomic E-state index is 0.0155. The van der Waals surface area contributed by atoms with Crippen molar-refractivity contribution in [3.05, 3.63) is 58.2 Å². The van der Waals surface area contributed by atoms with E-state index in [1.165, 1.54) is 29.5 Å². The molecule has 0 aliphatic rings. The van der Waals surface area contributed by atoms with Gasteiger partial charge < -0.3 is 4.74 Å². The number of methoxy groups -OCH3 is 1. The first kappa shape index (κ1) is 15.6. The number of rotatable bonds is 4. The molecule has 0 fully saturated rings. The third-order valence-corrected chi connectivity index (χ3v) is 4.59. The first-order chi connectivity index (χ1) is 11.1. The molecule has 3 aromatic rings. The van der Waals surface area contributed by atoms with Crippen LogP contribution in [0.5, 0.6) is 5.75 Å². The molecule has 0 aliphatic carbocycles. The molecule has 1 heterocycles. The predicted molar refractivity (Wildman–Crippen MR) is 90.9 cm³/mol. The van der Waals surface area contributed by atoms with Crippen LogP contribution in [0.25, 0.3) is 10.1 Å². The molecule has 0 radical (unpaired) electrons.